The van der Waals surface area contributed by atoms with Crippen LogP contribution in [0.15, 0.2) is 16.6 Å². The lowest BCUT2D eigenvalue weighted by Crippen LogP contribution is -2.19. The van der Waals surface area contributed by atoms with Crippen LogP contribution < -0.4 is 5.32 Å². The Kier molecular flexibility index (Phi) is 6.79. The summed E-state index contributed by atoms with van der Waals surface area (Å²) >= 11 is 3.10. The fourth-order valence-corrected chi connectivity index (χ4v) is 2.42. The molecule has 0 fully saturated rings. The molecule has 4 heteroatoms. The van der Waals surface area contributed by atoms with E-state index in [9.17, 15) is 8.78 Å². The molecule has 0 radical (unpaired) electrons. The SMILES string of the molecule is CCCCCCC(NC)c1c(F)ccc(Br)c1F. The lowest BCUT2D eigenvalue weighted by molar-refractivity contribution is 0.451. The van der Waals surface area contributed by atoms with Crippen molar-refractivity contribution in [1.82, 2.24) is 5.32 Å². The van der Waals surface area contributed by atoms with Gasteiger partial charge in [-0.05, 0) is 41.5 Å². The van der Waals surface area contributed by atoms with Crippen molar-refractivity contribution in [3.8, 4) is 0 Å². The van der Waals surface area contributed by atoms with E-state index in [2.05, 4.69) is 28.2 Å². The zero-order valence-electron chi connectivity index (χ0n) is 10.9. The number of halogens is 3. The smallest absolute Gasteiger partial charge is 0.145 e. The Hall–Kier alpha value is -0.480. The monoisotopic (exact) mass is 319 g/mol. The van der Waals surface area contributed by atoms with E-state index < -0.39 is 11.6 Å². The van der Waals surface area contributed by atoms with E-state index in [4.69, 9.17) is 0 Å². The summed E-state index contributed by atoms with van der Waals surface area (Å²) in [6.07, 6.45) is 5.15. The van der Waals surface area contributed by atoms with Crippen LogP contribution in [-0.2, 0) is 0 Å². The molecule has 0 spiro atoms. The molecule has 1 aromatic carbocycles. The van der Waals surface area contributed by atoms with Gasteiger partial charge in [-0.3, -0.25) is 0 Å². The lowest BCUT2D eigenvalue weighted by atomic mass is 9.99. The molecule has 0 aromatic heterocycles. The van der Waals surface area contributed by atoms with Crippen LogP contribution in [0.2, 0.25) is 0 Å². The zero-order valence-corrected chi connectivity index (χ0v) is 12.5. The molecular formula is C14H20BrF2N. The second-order valence-electron chi connectivity index (χ2n) is 4.45. The van der Waals surface area contributed by atoms with Crippen LogP contribution in [0.3, 0.4) is 0 Å². The number of hydrogen-bond donors (Lipinski definition) is 1. The van der Waals surface area contributed by atoms with Gasteiger partial charge in [0.05, 0.1) is 4.47 Å². The van der Waals surface area contributed by atoms with E-state index in [1.165, 1.54) is 18.6 Å². The van der Waals surface area contributed by atoms with Gasteiger partial charge in [-0.25, -0.2) is 8.78 Å². The van der Waals surface area contributed by atoms with E-state index >= 15 is 0 Å². The second-order valence-corrected chi connectivity index (χ2v) is 5.30. The van der Waals surface area contributed by atoms with Gasteiger partial charge in [-0.15, -0.1) is 0 Å². The summed E-state index contributed by atoms with van der Waals surface area (Å²) < 4.78 is 28.0. The van der Waals surface area contributed by atoms with Gasteiger partial charge in [-0.2, -0.15) is 0 Å². The van der Waals surface area contributed by atoms with E-state index in [0.29, 0.717) is 4.47 Å². The first kappa shape index (κ1) is 15.6. The normalized spacial score (nSPS) is 12.7. The molecule has 1 unspecified atom stereocenters. The molecule has 1 nitrogen and oxygen atoms in total. The van der Waals surface area contributed by atoms with Gasteiger partial charge in [0.1, 0.15) is 11.6 Å². The summed E-state index contributed by atoms with van der Waals surface area (Å²) in [7, 11) is 1.74. The molecule has 1 aromatic rings. The summed E-state index contributed by atoms with van der Waals surface area (Å²) in [5.41, 5.74) is 0.142. The Morgan fingerprint density at radius 1 is 1.22 bits per heavy atom. The fraction of sp³-hybridized carbons (Fsp3) is 0.571. The summed E-state index contributed by atoms with van der Waals surface area (Å²) in [6.45, 7) is 2.14. The number of unbranched alkanes of at least 4 members (excludes halogenated alkanes) is 3. The molecule has 0 aliphatic carbocycles. The first-order chi connectivity index (χ1) is 8.61. The highest BCUT2D eigenvalue weighted by molar-refractivity contribution is 9.10. The van der Waals surface area contributed by atoms with Crippen molar-refractivity contribution < 1.29 is 8.78 Å². The summed E-state index contributed by atoms with van der Waals surface area (Å²) in [6, 6.07) is 2.44. The molecule has 1 N–H and O–H groups in total. The van der Waals surface area contributed by atoms with Crippen LogP contribution in [0, 0.1) is 11.6 Å². The van der Waals surface area contributed by atoms with Gasteiger partial charge in [-0.1, -0.05) is 32.6 Å². The molecular weight excluding hydrogens is 300 g/mol. The highest BCUT2D eigenvalue weighted by atomic mass is 79.9. The molecule has 0 aliphatic heterocycles. The first-order valence-corrected chi connectivity index (χ1v) is 7.21. The summed E-state index contributed by atoms with van der Waals surface area (Å²) in [4.78, 5) is 0. The van der Waals surface area contributed by atoms with Crippen molar-refractivity contribution in [1.29, 1.82) is 0 Å². The van der Waals surface area contributed by atoms with Crippen molar-refractivity contribution in [3.05, 3.63) is 33.8 Å². The summed E-state index contributed by atoms with van der Waals surface area (Å²) in [5.74, 6) is -0.976. The third kappa shape index (κ3) is 4.02. The van der Waals surface area contributed by atoms with E-state index in [0.717, 1.165) is 25.7 Å². The Balaban J connectivity index is 2.78. The minimum Gasteiger partial charge on any atom is -0.313 e. The van der Waals surface area contributed by atoms with Crippen LogP contribution in [-0.4, -0.2) is 7.05 Å². The van der Waals surface area contributed by atoms with Gasteiger partial charge in [0, 0.05) is 11.6 Å². The van der Waals surface area contributed by atoms with Gasteiger partial charge >= 0.3 is 0 Å². The maximum atomic E-state index is 13.9. The van der Waals surface area contributed by atoms with Gasteiger partial charge in [0.2, 0.25) is 0 Å². The average molecular weight is 320 g/mol. The maximum Gasteiger partial charge on any atom is 0.145 e. The predicted octanol–water partition coefficient (Wildman–Crippen LogP) is 4.96. The molecule has 1 rings (SSSR count). The minimum atomic E-state index is -0.496. The van der Waals surface area contributed by atoms with Crippen LogP contribution in [0.4, 0.5) is 8.78 Å². The standard InChI is InChI=1S/C14H20BrF2N/c1-3-4-5-6-7-12(18-2)13-11(16)9-8-10(15)14(13)17/h8-9,12,18H,3-7H2,1-2H3. The lowest BCUT2D eigenvalue weighted by Gasteiger charge is -2.18. The van der Waals surface area contributed by atoms with Crippen LogP contribution in [0.1, 0.15) is 50.6 Å². The third-order valence-corrected chi connectivity index (χ3v) is 3.74. The number of benzene rings is 1. The van der Waals surface area contributed by atoms with Crippen molar-refractivity contribution in [2.24, 2.45) is 0 Å². The quantitative estimate of drug-likeness (QED) is 0.553. The van der Waals surface area contributed by atoms with E-state index in [1.807, 2.05) is 0 Å². The van der Waals surface area contributed by atoms with Crippen LogP contribution in [0.5, 0.6) is 0 Å². The Morgan fingerprint density at radius 3 is 2.56 bits per heavy atom. The maximum absolute atomic E-state index is 13.9. The molecule has 0 heterocycles. The zero-order chi connectivity index (χ0) is 13.5. The molecule has 0 saturated heterocycles. The molecule has 102 valence electrons. The van der Waals surface area contributed by atoms with E-state index in [-0.39, 0.29) is 11.6 Å². The van der Waals surface area contributed by atoms with Crippen molar-refractivity contribution in [2.45, 2.75) is 45.1 Å². The number of rotatable bonds is 7. The predicted molar refractivity (Wildman–Crippen MR) is 74.6 cm³/mol. The molecule has 18 heavy (non-hydrogen) atoms. The van der Waals surface area contributed by atoms with Gasteiger partial charge in [0.25, 0.3) is 0 Å². The minimum absolute atomic E-state index is 0.142. The molecule has 0 amide bonds. The molecule has 0 saturated carbocycles. The van der Waals surface area contributed by atoms with Crippen LogP contribution >= 0.6 is 15.9 Å². The van der Waals surface area contributed by atoms with E-state index in [1.54, 1.807) is 7.05 Å². The molecule has 1 atom stereocenters. The third-order valence-electron chi connectivity index (χ3n) is 3.12. The van der Waals surface area contributed by atoms with Crippen molar-refractivity contribution in [3.63, 3.8) is 0 Å². The topological polar surface area (TPSA) is 12.0 Å². The molecule has 0 aliphatic rings. The Morgan fingerprint density at radius 2 is 1.94 bits per heavy atom. The second kappa shape index (κ2) is 7.85. The largest absolute Gasteiger partial charge is 0.313 e. The van der Waals surface area contributed by atoms with Crippen molar-refractivity contribution >= 4 is 15.9 Å². The fourth-order valence-electron chi connectivity index (χ4n) is 2.07. The first-order valence-electron chi connectivity index (χ1n) is 6.42. The number of nitrogens with one attached hydrogen (secondary N) is 1. The Labute approximate surface area is 116 Å². The van der Waals surface area contributed by atoms with Gasteiger partial charge in [0.15, 0.2) is 0 Å². The van der Waals surface area contributed by atoms with Crippen LogP contribution in [0.25, 0.3) is 0 Å². The van der Waals surface area contributed by atoms with Crippen molar-refractivity contribution in [2.75, 3.05) is 7.05 Å². The highest BCUT2D eigenvalue weighted by Crippen LogP contribution is 2.29. The summed E-state index contributed by atoms with van der Waals surface area (Å²) in [5, 5.41) is 3.00. The number of hydrogen-bond acceptors (Lipinski definition) is 1. The van der Waals surface area contributed by atoms with Gasteiger partial charge < -0.3 is 5.32 Å². The average Bonchev–Trinajstić information content (AvgIpc) is 2.37. The highest BCUT2D eigenvalue weighted by Gasteiger charge is 2.20. The Bertz CT molecular complexity index is 382. The molecule has 0 bridgehead atoms.